The van der Waals surface area contributed by atoms with Gasteiger partial charge in [0, 0.05) is 0 Å². The first-order chi connectivity index (χ1) is 7.67. The molecule has 2 aromatic rings. The molecule has 1 aromatic heterocycles. The van der Waals surface area contributed by atoms with Gasteiger partial charge in [-0.2, -0.15) is 0 Å². The summed E-state index contributed by atoms with van der Waals surface area (Å²) >= 11 is 0. The number of hydrogen-bond acceptors (Lipinski definition) is 4. The van der Waals surface area contributed by atoms with Crippen LogP contribution in [0.2, 0.25) is 0 Å². The van der Waals surface area contributed by atoms with Gasteiger partial charge in [-0.25, -0.2) is 4.79 Å². The normalized spacial score (nSPS) is 10.4. The van der Waals surface area contributed by atoms with Gasteiger partial charge in [0.25, 0.3) is 0 Å². The lowest BCUT2D eigenvalue weighted by atomic mass is 10.1. The number of hydrogen-bond donors (Lipinski definition) is 0. The minimum atomic E-state index is -0.451. The first-order valence-electron chi connectivity index (χ1n) is 4.83. The van der Waals surface area contributed by atoms with E-state index in [1.807, 2.05) is 13.0 Å². The van der Waals surface area contributed by atoms with Crippen molar-refractivity contribution >= 4 is 11.0 Å². The highest BCUT2D eigenvalue weighted by atomic mass is 16.5. The molecule has 0 unspecified atom stereocenters. The quantitative estimate of drug-likeness (QED) is 0.727. The van der Waals surface area contributed by atoms with Gasteiger partial charge in [0.15, 0.2) is 11.3 Å². The van der Waals surface area contributed by atoms with Gasteiger partial charge in [-0.3, -0.25) is 0 Å². The number of rotatable bonds is 2. The van der Waals surface area contributed by atoms with E-state index in [9.17, 15) is 4.79 Å². The Morgan fingerprint density at radius 1 is 1.12 bits per heavy atom. The van der Waals surface area contributed by atoms with E-state index in [0.717, 1.165) is 10.9 Å². The van der Waals surface area contributed by atoms with E-state index in [0.29, 0.717) is 17.1 Å². The van der Waals surface area contributed by atoms with E-state index < -0.39 is 5.63 Å². The first kappa shape index (κ1) is 10.5. The van der Waals surface area contributed by atoms with Crippen molar-refractivity contribution < 1.29 is 13.9 Å². The summed E-state index contributed by atoms with van der Waals surface area (Å²) in [6, 6.07) is 4.98. The van der Waals surface area contributed by atoms with E-state index in [4.69, 9.17) is 13.9 Å². The molecule has 0 fully saturated rings. The molecule has 0 atom stereocenters. The van der Waals surface area contributed by atoms with Gasteiger partial charge in [0.1, 0.15) is 5.75 Å². The maximum absolute atomic E-state index is 11.3. The molecule has 1 aromatic carbocycles. The molecule has 16 heavy (non-hydrogen) atoms. The Morgan fingerprint density at radius 3 is 2.44 bits per heavy atom. The summed E-state index contributed by atoms with van der Waals surface area (Å²) in [5.41, 5.74) is 0.941. The van der Waals surface area contributed by atoms with Crippen LogP contribution in [0, 0.1) is 6.92 Å². The van der Waals surface area contributed by atoms with E-state index >= 15 is 0 Å². The fourth-order valence-electron chi connectivity index (χ4n) is 1.70. The van der Waals surface area contributed by atoms with Crippen LogP contribution in [-0.2, 0) is 0 Å². The molecule has 0 aliphatic heterocycles. The molecule has 84 valence electrons. The molecule has 1 heterocycles. The second-order valence-electron chi connectivity index (χ2n) is 3.42. The summed E-state index contributed by atoms with van der Waals surface area (Å²) in [6.07, 6.45) is 0. The van der Waals surface area contributed by atoms with Crippen molar-refractivity contribution in [2.24, 2.45) is 0 Å². The minimum Gasteiger partial charge on any atom is -0.496 e. The van der Waals surface area contributed by atoms with Crippen LogP contribution in [0.25, 0.3) is 11.0 Å². The zero-order chi connectivity index (χ0) is 11.7. The van der Waals surface area contributed by atoms with Gasteiger partial charge in [-0.05, 0) is 18.6 Å². The average Bonchev–Trinajstić information content (AvgIpc) is 2.28. The fraction of sp³-hybridized carbons (Fsp3) is 0.250. The fourth-order valence-corrected chi connectivity index (χ4v) is 1.70. The molecule has 0 N–H and O–H groups in total. The number of benzene rings is 1. The largest absolute Gasteiger partial charge is 0.496 e. The average molecular weight is 220 g/mol. The Hall–Kier alpha value is -1.97. The molecule has 0 spiro atoms. The monoisotopic (exact) mass is 220 g/mol. The lowest BCUT2D eigenvalue weighted by Crippen LogP contribution is -2.01. The number of aryl methyl sites for hydroxylation is 1. The molecular weight excluding hydrogens is 208 g/mol. The molecule has 0 saturated carbocycles. The van der Waals surface area contributed by atoms with Gasteiger partial charge in [-0.15, -0.1) is 0 Å². The van der Waals surface area contributed by atoms with Crippen LogP contribution in [0.5, 0.6) is 11.5 Å². The van der Waals surface area contributed by atoms with E-state index in [2.05, 4.69) is 0 Å². The van der Waals surface area contributed by atoms with E-state index in [1.54, 1.807) is 6.07 Å². The van der Waals surface area contributed by atoms with Crippen molar-refractivity contribution in [3.63, 3.8) is 0 Å². The molecule has 0 saturated heterocycles. The highest BCUT2D eigenvalue weighted by Gasteiger charge is 2.12. The Morgan fingerprint density at radius 2 is 1.81 bits per heavy atom. The number of fused-ring (bicyclic) bond motifs is 1. The van der Waals surface area contributed by atoms with Gasteiger partial charge in [0.05, 0.1) is 25.7 Å². The summed E-state index contributed by atoms with van der Waals surface area (Å²) in [4.78, 5) is 11.3. The van der Waals surface area contributed by atoms with Gasteiger partial charge in [0.2, 0.25) is 0 Å². The highest BCUT2D eigenvalue weighted by molar-refractivity contribution is 5.90. The molecule has 0 bridgehead atoms. The van der Waals surface area contributed by atoms with Crippen molar-refractivity contribution in [3.8, 4) is 11.5 Å². The zero-order valence-corrected chi connectivity index (χ0v) is 9.37. The van der Waals surface area contributed by atoms with E-state index in [-0.39, 0.29) is 0 Å². The van der Waals surface area contributed by atoms with Gasteiger partial charge < -0.3 is 13.9 Å². The number of ether oxygens (including phenoxy) is 2. The standard InChI is InChI=1S/C12H12O4/c1-7-4-5-8(14-2)12-11(7)9(15-3)6-10(13)16-12/h4-6H,1-3H3. The molecule has 4 heteroatoms. The highest BCUT2D eigenvalue weighted by Crippen LogP contribution is 2.33. The predicted octanol–water partition coefficient (Wildman–Crippen LogP) is 2.12. The van der Waals surface area contributed by atoms with Crippen LogP contribution in [0.15, 0.2) is 27.4 Å². The van der Waals surface area contributed by atoms with Gasteiger partial charge >= 0.3 is 5.63 Å². The lowest BCUT2D eigenvalue weighted by Gasteiger charge is -2.09. The third-order valence-electron chi connectivity index (χ3n) is 2.47. The van der Waals surface area contributed by atoms with Crippen molar-refractivity contribution in [3.05, 3.63) is 34.2 Å². The summed E-state index contributed by atoms with van der Waals surface area (Å²) < 4.78 is 15.5. The van der Waals surface area contributed by atoms with Crippen LogP contribution in [-0.4, -0.2) is 14.2 Å². The van der Waals surface area contributed by atoms with Crippen LogP contribution in [0.1, 0.15) is 5.56 Å². The molecule has 0 aliphatic carbocycles. The second kappa shape index (κ2) is 3.89. The van der Waals surface area contributed by atoms with Crippen LogP contribution in [0.3, 0.4) is 0 Å². The van der Waals surface area contributed by atoms with Crippen molar-refractivity contribution in [1.82, 2.24) is 0 Å². The molecule has 0 radical (unpaired) electrons. The Balaban J connectivity index is 2.96. The van der Waals surface area contributed by atoms with Crippen LogP contribution < -0.4 is 15.1 Å². The van der Waals surface area contributed by atoms with Crippen LogP contribution >= 0.6 is 0 Å². The molecule has 0 aliphatic rings. The summed E-state index contributed by atoms with van der Waals surface area (Å²) in [7, 11) is 3.05. The van der Waals surface area contributed by atoms with Crippen molar-refractivity contribution in [1.29, 1.82) is 0 Å². The molecule has 0 amide bonds. The Bertz CT molecular complexity index is 583. The lowest BCUT2D eigenvalue weighted by molar-refractivity contribution is 0.398. The molecule has 4 nitrogen and oxygen atoms in total. The predicted molar refractivity (Wildman–Crippen MR) is 60.3 cm³/mol. The molecular formula is C12H12O4. The summed E-state index contributed by atoms with van der Waals surface area (Å²) in [6.45, 7) is 1.92. The maximum Gasteiger partial charge on any atom is 0.340 e. The second-order valence-corrected chi connectivity index (χ2v) is 3.42. The Kier molecular flexibility index (Phi) is 2.56. The number of methoxy groups -OCH3 is 2. The van der Waals surface area contributed by atoms with Crippen molar-refractivity contribution in [2.45, 2.75) is 6.92 Å². The topological polar surface area (TPSA) is 48.7 Å². The Labute approximate surface area is 92.4 Å². The van der Waals surface area contributed by atoms with Crippen LogP contribution in [0.4, 0.5) is 0 Å². The molecule has 2 rings (SSSR count). The van der Waals surface area contributed by atoms with E-state index in [1.165, 1.54) is 20.3 Å². The SMILES string of the molecule is COc1ccc(C)c2c(OC)cc(=O)oc12. The zero-order valence-electron chi connectivity index (χ0n) is 9.37. The summed E-state index contributed by atoms with van der Waals surface area (Å²) in [5, 5.41) is 0.765. The summed E-state index contributed by atoms with van der Waals surface area (Å²) in [5.74, 6) is 1.03. The van der Waals surface area contributed by atoms with Gasteiger partial charge in [-0.1, -0.05) is 6.07 Å². The van der Waals surface area contributed by atoms with Crippen molar-refractivity contribution in [2.75, 3.05) is 14.2 Å². The minimum absolute atomic E-state index is 0.423. The smallest absolute Gasteiger partial charge is 0.340 e. The third-order valence-corrected chi connectivity index (χ3v) is 2.47. The first-order valence-corrected chi connectivity index (χ1v) is 4.83. The maximum atomic E-state index is 11.3. The third kappa shape index (κ3) is 1.52.